The van der Waals surface area contributed by atoms with Crippen LogP contribution < -0.4 is 15.3 Å². The predicted octanol–water partition coefficient (Wildman–Crippen LogP) is 3.50. The van der Waals surface area contributed by atoms with Crippen LogP contribution in [0.1, 0.15) is 12.5 Å². The Morgan fingerprint density at radius 1 is 1.24 bits per heavy atom. The summed E-state index contributed by atoms with van der Waals surface area (Å²) in [6.07, 6.45) is 0.198. The van der Waals surface area contributed by atoms with Gasteiger partial charge in [-0.2, -0.15) is 5.10 Å². The van der Waals surface area contributed by atoms with Crippen molar-refractivity contribution >= 4 is 44.5 Å². The Bertz CT molecular complexity index is 1110. The van der Waals surface area contributed by atoms with Gasteiger partial charge in [0.05, 0.1) is 11.1 Å². The van der Waals surface area contributed by atoms with Gasteiger partial charge in [-0.05, 0) is 23.9 Å². The number of nitro benzene ring substituents is 1. The van der Waals surface area contributed by atoms with E-state index in [4.69, 9.17) is 4.74 Å². The second-order valence-electron chi connectivity index (χ2n) is 6.07. The standard InChI is InChI=1S/C20H16BrN3O5/c1-12(29-18-8-4-6-13-5-2-3-7-16(13)18)20(26)23-22-11-14-9-15(24(27)28)10-17(21)19(14)25/h2-12,25H,1H3,(H,23,26)/p-1/b22-11-/t12-/m0/s1. The Labute approximate surface area is 174 Å². The highest BCUT2D eigenvalue weighted by molar-refractivity contribution is 9.10. The second kappa shape index (κ2) is 8.70. The number of carbonyl (C=O) groups excluding carboxylic acids is 1. The number of amides is 1. The van der Waals surface area contributed by atoms with E-state index >= 15 is 0 Å². The Morgan fingerprint density at radius 2 is 1.97 bits per heavy atom. The highest BCUT2D eigenvalue weighted by Crippen LogP contribution is 2.29. The van der Waals surface area contributed by atoms with Gasteiger partial charge < -0.3 is 9.84 Å². The van der Waals surface area contributed by atoms with Gasteiger partial charge >= 0.3 is 0 Å². The van der Waals surface area contributed by atoms with Gasteiger partial charge in [0.2, 0.25) is 0 Å². The molecule has 1 amide bonds. The molecule has 148 valence electrons. The van der Waals surface area contributed by atoms with E-state index in [1.807, 2.05) is 36.4 Å². The zero-order valence-electron chi connectivity index (χ0n) is 15.2. The van der Waals surface area contributed by atoms with Gasteiger partial charge in [-0.15, -0.1) is 0 Å². The molecule has 0 aliphatic carbocycles. The molecule has 0 unspecified atom stereocenters. The summed E-state index contributed by atoms with van der Waals surface area (Å²) >= 11 is 2.98. The van der Waals surface area contributed by atoms with E-state index in [0.717, 1.165) is 29.1 Å². The fourth-order valence-corrected chi connectivity index (χ4v) is 3.06. The number of hydrazone groups is 1. The van der Waals surface area contributed by atoms with Gasteiger partial charge in [-0.3, -0.25) is 14.9 Å². The number of ether oxygens (including phenoxy) is 1. The third-order valence-corrected chi connectivity index (χ3v) is 4.66. The molecule has 0 heterocycles. The van der Waals surface area contributed by atoms with Crippen LogP contribution >= 0.6 is 15.9 Å². The Balaban J connectivity index is 1.70. The molecule has 0 spiro atoms. The Hall–Kier alpha value is -3.46. The Kier molecular flexibility index (Phi) is 6.08. The molecule has 0 saturated heterocycles. The predicted molar refractivity (Wildman–Crippen MR) is 110 cm³/mol. The third-order valence-electron chi connectivity index (χ3n) is 4.07. The van der Waals surface area contributed by atoms with E-state index in [2.05, 4.69) is 26.5 Å². The smallest absolute Gasteiger partial charge is 0.280 e. The molecule has 0 aliphatic heterocycles. The minimum atomic E-state index is -0.860. The van der Waals surface area contributed by atoms with E-state index in [0.29, 0.717) is 5.75 Å². The molecule has 0 aliphatic rings. The van der Waals surface area contributed by atoms with E-state index in [1.54, 1.807) is 13.0 Å². The second-order valence-corrected chi connectivity index (χ2v) is 6.93. The summed E-state index contributed by atoms with van der Waals surface area (Å²) in [4.78, 5) is 22.5. The molecule has 29 heavy (non-hydrogen) atoms. The largest absolute Gasteiger partial charge is 0.871 e. The van der Waals surface area contributed by atoms with Crippen LogP contribution in [0.25, 0.3) is 10.8 Å². The van der Waals surface area contributed by atoms with Crippen molar-refractivity contribution in [2.24, 2.45) is 5.10 Å². The molecule has 0 fully saturated rings. The van der Waals surface area contributed by atoms with Crippen LogP contribution in [-0.4, -0.2) is 23.1 Å². The number of benzene rings is 3. The number of rotatable bonds is 6. The normalized spacial score (nSPS) is 12.1. The number of nitrogens with one attached hydrogen (secondary N) is 1. The van der Waals surface area contributed by atoms with E-state index < -0.39 is 22.7 Å². The van der Waals surface area contributed by atoms with Gasteiger partial charge in [-0.1, -0.05) is 58.1 Å². The van der Waals surface area contributed by atoms with Crippen molar-refractivity contribution in [2.45, 2.75) is 13.0 Å². The van der Waals surface area contributed by atoms with Gasteiger partial charge in [0.25, 0.3) is 11.6 Å². The van der Waals surface area contributed by atoms with Crippen molar-refractivity contribution in [1.29, 1.82) is 0 Å². The van der Waals surface area contributed by atoms with Crippen LogP contribution in [0, 0.1) is 10.1 Å². The first kappa shape index (κ1) is 20.3. The molecular weight excluding hydrogens is 442 g/mol. The number of hydrogen-bond acceptors (Lipinski definition) is 6. The SMILES string of the molecule is C[C@H](Oc1cccc2ccccc12)C(=O)N/N=C\c1cc([N+](=O)[O-])cc(Br)c1[O-]. The third kappa shape index (κ3) is 4.69. The van der Waals surface area contributed by atoms with Crippen LogP contribution in [0.3, 0.4) is 0 Å². The number of hydrogen-bond donors (Lipinski definition) is 1. The lowest BCUT2D eigenvalue weighted by Gasteiger charge is -2.15. The summed E-state index contributed by atoms with van der Waals surface area (Å²) in [5, 5.41) is 28.5. The van der Waals surface area contributed by atoms with Crippen LogP contribution in [0.5, 0.6) is 11.5 Å². The van der Waals surface area contributed by atoms with Gasteiger partial charge in [0.15, 0.2) is 6.10 Å². The van der Waals surface area contributed by atoms with Crippen LogP contribution in [-0.2, 0) is 4.79 Å². The summed E-state index contributed by atoms with van der Waals surface area (Å²) in [5.74, 6) is -0.459. The van der Waals surface area contributed by atoms with Crippen molar-refractivity contribution in [3.63, 3.8) is 0 Å². The fraction of sp³-hybridized carbons (Fsp3) is 0.100. The average Bonchev–Trinajstić information content (AvgIpc) is 2.71. The van der Waals surface area contributed by atoms with Crippen LogP contribution in [0.2, 0.25) is 0 Å². The lowest BCUT2D eigenvalue weighted by Crippen LogP contribution is -2.33. The summed E-state index contributed by atoms with van der Waals surface area (Å²) < 4.78 is 5.78. The molecule has 0 bridgehead atoms. The maximum absolute atomic E-state index is 12.3. The molecule has 9 heteroatoms. The zero-order valence-corrected chi connectivity index (χ0v) is 16.8. The van der Waals surface area contributed by atoms with E-state index in [9.17, 15) is 20.0 Å². The summed E-state index contributed by atoms with van der Waals surface area (Å²) in [5.41, 5.74) is 1.98. The van der Waals surface area contributed by atoms with Crippen molar-refractivity contribution in [2.75, 3.05) is 0 Å². The molecule has 3 aromatic rings. The molecule has 3 rings (SSSR count). The number of nitrogens with zero attached hydrogens (tertiary/aromatic N) is 2. The van der Waals surface area contributed by atoms with Crippen molar-refractivity contribution in [1.82, 2.24) is 5.43 Å². The molecule has 8 nitrogen and oxygen atoms in total. The number of fused-ring (bicyclic) bond motifs is 1. The average molecular weight is 457 g/mol. The highest BCUT2D eigenvalue weighted by Gasteiger charge is 2.15. The molecule has 0 saturated carbocycles. The monoisotopic (exact) mass is 456 g/mol. The van der Waals surface area contributed by atoms with Crippen molar-refractivity contribution in [3.05, 3.63) is 74.7 Å². The van der Waals surface area contributed by atoms with Crippen molar-refractivity contribution < 1.29 is 19.6 Å². The maximum atomic E-state index is 12.3. The number of carbonyl (C=O) groups is 1. The molecule has 0 radical (unpaired) electrons. The minimum Gasteiger partial charge on any atom is -0.871 e. The van der Waals surface area contributed by atoms with Gasteiger partial charge in [0.1, 0.15) is 5.75 Å². The first-order valence-corrected chi connectivity index (χ1v) is 9.28. The van der Waals surface area contributed by atoms with Gasteiger partial charge in [0, 0.05) is 22.0 Å². The molecule has 1 atom stereocenters. The summed E-state index contributed by atoms with van der Waals surface area (Å²) in [6.45, 7) is 1.57. The topological polar surface area (TPSA) is 117 Å². The quantitative estimate of drug-likeness (QED) is 0.346. The molecular formula is C20H15BrN3O5-. The maximum Gasteiger partial charge on any atom is 0.280 e. The van der Waals surface area contributed by atoms with Crippen LogP contribution in [0.4, 0.5) is 5.69 Å². The molecule has 1 N–H and O–H groups in total. The number of non-ortho nitro benzene ring substituents is 1. The lowest BCUT2D eigenvalue weighted by molar-refractivity contribution is -0.385. The summed E-state index contributed by atoms with van der Waals surface area (Å²) in [6, 6.07) is 15.3. The first-order valence-electron chi connectivity index (χ1n) is 8.49. The van der Waals surface area contributed by atoms with Crippen LogP contribution in [0.15, 0.2) is 64.2 Å². The Morgan fingerprint density at radius 3 is 2.72 bits per heavy atom. The number of nitro groups is 1. The van der Waals surface area contributed by atoms with Crippen molar-refractivity contribution in [3.8, 4) is 11.5 Å². The number of halogens is 1. The molecule has 3 aromatic carbocycles. The zero-order chi connectivity index (χ0) is 21.0. The minimum absolute atomic E-state index is 0.0333. The fourth-order valence-electron chi connectivity index (χ4n) is 2.60. The van der Waals surface area contributed by atoms with E-state index in [1.165, 1.54) is 0 Å². The lowest BCUT2D eigenvalue weighted by atomic mass is 10.1. The molecule has 0 aromatic heterocycles. The highest BCUT2D eigenvalue weighted by atomic mass is 79.9. The summed E-state index contributed by atoms with van der Waals surface area (Å²) in [7, 11) is 0. The van der Waals surface area contributed by atoms with E-state index in [-0.39, 0.29) is 15.7 Å². The first-order chi connectivity index (χ1) is 13.9. The van der Waals surface area contributed by atoms with Gasteiger partial charge in [-0.25, -0.2) is 5.43 Å².